The second-order valence-corrected chi connectivity index (χ2v) is 12.3. The Balaban J connectivity index is 1.50. The molecule has 0 unspecified atom stereocenters. The Hall–Kier alpha value is -2.74. The predicted molar refractivity (Wildman–Crippen MR) is 154 cm³/mol. The summed E-state index contributed by atoms with van der Waals surface area (Å²) < 4.78 is 0. The van der Waals surface area contributed by atoms with Crippen molar-refractivity contribution in [3.05, 3.63) is 68.7 Å². The van der Waals surface area contributed by atoms with Gasteiger partial charge in [-0.1, -0.05) is 44.9 Å². The Morgan fingerprint density at radius 3 is 2.62 bits per heavy atom. The number of rotatable bonds is 7. The third kappa shape index (κ3) is 5.74. The number of carbonyl (C=O) groups excluding carboxylic acids is 1. The number of nitrogens with one attached hydrogen (secondary N) is 1. The van der Waals surface area contributed by atoms with Crippen LogP contribution in [0.15, 0.2) is 53.4 Å². The molecule has 1 amide bonds. The lowest BCUT2D eigenvalue weighted by molar-refractivity contribution is 0.0701. The molecule has 1 saturated carbocycles. The largest absolute Gasteiger partial charge is 0.477 e. The van der Waals surface area contributed by atoms with Crippen molar-refractivity contribution in [2.75, 3.05) is 25.0 Å². The monoisotopic (exact) mass is 534 g/mol. The number of nitrogens with zero attached hydrogens (tertiary/aromatic N) is 1. The van der Waals surface area contributed by atoms with Gasteiger partial charge in [-0.3, -0.25) is 9.69 Å². The smallest absolute Gasteiger partial charge is 0.346 e. The molecule has 2 N–H and O–H groups in total. The number of benzene rings is 1. The first-order valence-electron chi connectivity index (χ1n) is 13.2. The van der Waals surface area contributed by atoms with E-state index in [9.17, 15) is 14.7 Å². The predicted octanol–water partition coefficient (Wildman–Crippen LogP) is 7.73. The highest BCUT2D eigenvalue weighted by Crippen LogP contribution is 2.43. The third-order valence-electron chi connectivity index (χ3n) is 7.82. The summed E-state index contributed by atoms with van der Waals surface area (Å²) in [6.45, 7) is 7.48. The van der Waals surface area contributed by atoms with Crippen LogP contribution in [0.4, 0.5) is 5.69 Å². The van der Waals surface area contributed by atoms with E-state index in [-0.39, 0.29) is 5.91 Å². The highest BCUT2D eigenvalue weighted by molar-refractivity contribution is 7.17. The summed E-state index contributed by atoms with van der Waals surface area (Å²) in [5.74, 6) is 0.322. The number of likely N-dealkylation sites (N-methyl/N-ethyl adjacent to an activating group) is 1. The van der Waals surface area contributed by atoms with Crippen molar-refractivity contribution in [3.63, 3.8) is 0 Å². The zero-order valence-electron chi connectivity index (χ0n) is 21.5. The molecule has 3 aromatic rings. The van der Waals surface area contributed by atoms with Gasteiger partial charge in [-0.25, -0.2) is 4.79 Å². The molecule has 0 bridgehead atoms. The summed E-state index contributed by atoms with van der Waals surface area (Å²) >= 11 is 2.74. The van der Waals surface area contributed by atoms with Gasteiger partial charge >= 0.3 is 5.97 Å². The minimum atomic E-state index is -0.865. The first-order chi connectivity index (χ1) is 17.9. The zero-order valence-corrected chi connectivity index (χ0v) is 23.1. The summed E-state index contributed by atoms with van der Waals surface area (Å²) in [5.41, 5.74) is 5.23. The first kappa shape index (κ1) is 25.9. The maximum absolute atomic E-state index is 12.5. The molecule has 1 aromatic carbocycles. The molecule has 1 aliphatic heterocycles. The van der Waals surface area contributed by atoms with Gasteiger partial charge in [-0.2, -0.15) is 0 Å². The molecule has 2 aromatic heterocycles. The fourth-order valence-corrected chi connectivity index (χ4v) is 7.31. The van der Waals surface area contributed by atoms with Crippen LogP contribution in [0.25, 0.3) is 16.0 Å². The van der Waals surface area contributed by atoms with Crippen LogP contribution < -0.4 is 5.32 Å². The lowest BCUT2D eigenvalue weighted by Crippen LogP contribution is -2.34. The van der Waals surface area contributed by atoms with E-state index in [0.29, 0.717) is 21.4 Å². The van der Waals surface area contributed by atoms with E-state index in [0.717, 1.165) is 48.0 Å². The van der Waals surface area contributed by atoms with Gasteiger partial charge in [0.2, 0.25) is 0 Å². The van der Waals surface area contributed by atoms with Gasteiger partial charge in [0.25, 0.3) is 5.91 Å². The number of hydrogen-bond acceptors (Lipinski definition) is 5. The van der Waals surface area contributed by atoms with Crippen molar-refractivity contribution in [2.24, 2.45) is 11.8 Å². The molecule has 0 spiro atoms. The number of thiophene rings is 2. The molecule has 0 radical (unpaired) electrons. The number of carboxylic acid groups (broad SMARTS) is 1. The molecular formula is C30H34N2O3S2. The van der Waals surface area contributed by atoms with Gasteiger partial charge in [-0.15, -0.1) is 22.7 Å². The van der Waals surface area contributed by atoms with E-state index in [1.807, 2.05) is 35.7 Å². The molecule has 194 valence electrons. The summed E-state index contributed by atoms with van der Waals surface area (Å²) in [6.07, 6.45) is 5.78. The van der Waals surface area contributed by atoms with Crippen molar-refractivity contribution >= 4 is 45.8 Å². The van der Waals surface area contributed by atoms with Crippen molar-refractivity contribution in [3.8, 4) is 10.4 Å². The lowest BCUT2D eigenvalue weighted by Gasteiger charge is -2.36. The van der Waals surface area contributed by atoms with Crippen molar-refractivity contribution in [1.29, 1.82) is 0 Å². The SMILES string of the molecule is CCN1CCC(c2cc(-c3cccc(NC(=O)c4cccs4)c3)sc2C(=O)O)=C(C2CCC(C)CC2)C1. The molecule has 1 aliphatic carbocycles. The van der Waals surface area contributed by atoms with Crippen LogP contribution >= 0.6 is 22.7 Å². The molecular weight excluding hydrogens is 500 g/mol. The number of amides is 1. The van der Waals surface area contributed by atoms with Gasteiger partial charge in [-0.05, 0) is 84.0 Å². The molecule has 37 heavy (non-hydrogen) atoms. The van der Waals surface area contributed by atoms with E-state index in [2.05, 4.69) is 30.1 Å². The molecule has 2 aliphatic rings. The molecule has 1 fully saturated rings. The standard InChI is InChI=1S/C30H34N2O3S2/c1-3-32-14-13-23(25(18-32)20-11-9-19(2)10-12-20)24-17-27(37-28(24)30(34)35)21-6-4-7-22(16-21)31-29(33)26-8-5-15-36-26/h4-8,15-17,19-20H,3,9-14,18H2,1-2H3,(H,31,33)(H,34,35). The van der Waals surface area contributed by atoms with E-state index < -0.39 is 5.97 Å². The molecule has 7 heteroatoms. The van der Waals surface area contributed by atoms with Crippen LogP contribution in [0.3, 0.4) is 0 Å². The Kier molecular flexibility index (Phi) is 7.93. The van der Waals surface area contributed by atoms with Gasteiger partial charge in [0.15, 0.2) is 0 Å². The highest BCUT2D eigenvalue weighted by Gasteiger charge is 2.30. The first-order valence-corrected chi connectivity index (χ1v) is 14.9. The van der Waals surface area contributed by atoms with E-state index >= 15 is 0 Å². The second kappa shape index (κ2) is 11.3. The fraction of sp³-hybridized carbons (Fsp3) is 0.400. The van der Waals surface area contributed by atoms with Crippen LogP contribution in [0, 0.1) is 11.8 Å². The molecule has 5 nitrogen and oxygen atoms in total. The average Bonchev–Trinajstić information content (AvgIpc) is 3.60. The summed E-state index contributed by atoms with van der Waals surface area (Å²) in [5, 5.41) is 15.0. The normalized spacial score (nSPS) is 20.7. The Labute approximate surface area is 226 Å². The number of carbonyl (C=O) groups is 2. The minimum Gasteiger partial charge on any atom is -0.477 e. The number of hydrogen-bond donors (Lipinski definition) is 2. The molecule has 0 saturated heterocycles. The van der Waals surface area contributed by atoms with Crippen LogP contribution in [-0.4, -0.2) is 41.5 Å². The van der Waals surface area contributed by atoms with Crippen molar-refractivity contribution in [2.45, 2.75) is 46.0 Å². The number of anilines is 1. The lowest BCUT2D eigenvalue weighted by atomic mass is 9.75. The third-order valence-corrected chi connectivity index (χ3v) is 9.86. The van der Waals surface area contributed by atoms with Gasteiger partial charge in [0, 0.05) is 29.2 Å². The van der Waals surface area contributed by atoms with Crippen LogP contribution in [0.2, 0.25) is 0 Å². The maximum atomic E-state index is 12.5. The molecule has 5 rings (SSSR count). The second-order valence-electron chi connectivity index (χ2n) is 10.3. The van der Waals surface area contributed by atoms with E-state index in [4.69, 9.17) is 0 Å². The summed E-state index contributed by atoms with van der Waals surface area (Å²) in [6, 6.07) is 13.4. The van der Waals surface area contributed by atoms with E-state index in [1.165, 1.54) is 59.5 Å². The number of carboxylic acids is 1. The topological polar surface area (TPSA) is 69.6 Å². The Bertz CT molecular complexity index is 1300. The van der Waals surface area contributed by atoms with Crippen LogP contribution in [0.1, 0.15) is 70.9 Å². The zero-order chi connectivity index (χ0) is 25.9. The number of aromatic carboxylic acids is 1. The van der Waals surface area contributed by atoms with Gasteiger partial charge in [0.05, 0.1) is 4.88 Å². The van der Waals surface area contributed by atoms with E-state index in [1.54, 1.807) is 6.07 Å². The molecule has 3 heterocycles. The van der Waals surface area contributed by atoms with Gasteiger partial charge < -0.3 is 10.4 Å². The molecule has 0 atom stereocenters. The average molecular weight is 535 g/mol. The Morgan fingerprint density at radius 1 is 1.11 bits per heavy atom. The van der Waals surface area contributed by atoms with Crippen LogP contribution in [-0.2, 0) is 0 Å². The highest BCUT2D eigenvalue weighted by atomic mass is 32.1. The van der Waals surface area contributed by atoms with Crippen molar-refractivity contribution < 1.29 is 14.7 Å². The minimum absolute atomic E-state index is 0.135. The van der Waals surface area contributed by atoms with Gasteiger partial charge in [0.1, 0.15) is 4.88 Å². The maximum Gasteiger partial charge on any atom is 0.346 e. The van der Waals surface area contributed by atoms with Crippen LogP contribution in [0.5, 0.6) is 0 Å². The summed E-state index contributed by atoms with van der Waals surface area (Å²) in [4.78, 5) is 29.5. The van der Waals surface area contributed by atoms with Crippen molar-refractivity contribution in [1.82, 2.24) is 4.90 Å². The fourth-order valence-electron chi connectivity index (χ4n) is 5.67. The Morgan fingerprint density at radius 2 is 1.92 bits per heavy atom. The quantitative estimate of drug-likeness (QED) is 0.325. The summed E-state index contributed by atoms with van der Waals surface area (Å²) in [7, 11) is 0.